The maximum absolute atomic E-state index is 11.4. The smallest absolute Gasteiger partial charge is 0.502 e. The van der Waals surface area contributed by atoms with Gasteiger partial charge in [0, 0.05) is 4.73 Å². The monoisotopic (exact) mass is 200 g/mol. The Morgan fingerprint density at radius 1 is 1.50 bits per heavy atom. The van der Waals surface area contributed by atoms with E-state index in [0.717, 1.165) is 0 Å². The van der Waals surface area contributed by atoms with Crippen LogP contribution in [0.15, 0.2) is 10.7 Å². The number of aromatic nitrogens is 2. The number of furan rings is 1. The third-order valence-corrected chi connectivity index (χ3v) is 1.87. The van der Waals surface area contributed by atoms with Gasteiger partial charge in [-0.1, -0.05) is 0 Å². The van der Waals surface area contributed by atoms with Gasteiger partial charge in [-0.25, -0.2) is 0 Å². The van der Waals surface area contributed by atoms with Gasteiger partial charge in [0.15, 0.2) is 0 Å². The summed E-state index contributed by atoms with van der Waals surface area (Å²) in [6, 6.07) is -0.280. The molecular formula is C7H8N2O5. The summed E-state index contributed by atoms with van der Waals surface area (Å²) in [6.45, 7) is 0. The molecule has 0 aliphatic rings. The van der Waals surface area contributed by atoms with Gasteiger partial charge >= 0.3 is 17.2 Å². The summed E-state index contributed by atoms with van der Waals surface area (Å²) in [5.74, 6) is 0.260. The first kappa shape index (κ1) is 8.54. The summed E-state index contributed by atoms with van der Waals surface area (Å²) in [4.78, 5) is 0. The standard InChI is InChI=1S/C7H8N2O5/c1-12-4-3-14-6-5(4)8(10)7(13-2)9(6)11/h3,10H,1-2H3. The van der Waals surface area contributed by atoms with Crippen molar-refractivity contribution in [3.8, 4) is 11.8 Å². The fourth-order valence-electron chi connectivity index (χ4n) is 1.25. The van der Waals surface area contributed by atoms with Gasteiger partial charge in [-0.05, 0) is 0 Å². The molecule has 0 atom stereocenters. The minimum absolute atomic E-state index is 0.0683. The topological polar surface area (TPSA) is 83.7 Å². The van der Waals surface area contributed by atoms with Crippen molar-refractivity contribution in [3.05, 3.63) is 11.5 Å². The van der Waals surface area contributed by atoms with Crippen LogP contribution in [-0.2, 0) is 0 Å². The Kier molecular flexibility index (Phi) is 1.66. The van der Waals surface area contributed by atoms with Crippen LogP contribution in [0.3, 0.4) is 0 Å². The number of methoxy groups -OCH3 is 2. The molecule has 2 aromatic heterocycles. The number of imidazole rings is 1. The van der Waals surface area contributed by atoms with E-state index in [1.165, 1.54) is 20.5 Å². The first-order valence-corrected chi connectivity index (χ1v) is 3.73. The summed E-state index contributed by atoms with van der Waals surface area (Å²) in [5.41, 5.74) is 0.0700. The molecule has 7 nitrogen and oxygen atoms in total. The van der Waals surface area contributed by atoms with E-state index in [-0.39, 0.29) is 23.0 Å². The molecule has 0 radical (unpaired) electrons. The second-order valence-corrected chi connectivity index (χ2v) is 2.55. The average Bonchev–Trinajstić information content (AvgIpc) is 2.69. The van der Waals surface area contributed by atoms with Gasteiger partial charge in [0.2, 0.25) is 5.75 Å². The molecule has 0 saturated heterocycles. The molecule has 76 valence electrons. The Balaban J connectivity index is 2.82. The minimum atomic E-state index is -0.280. The van der Waals surface area contributed by atoms with E-state index in [9.17, 15) is 10.4 Å². The molecule has 0 saturated carbocycles. The van der Waals surface area contributed by atoms with Crippen LogP contribution in [-0.4, -0.2) is 24.2 Å². The first-order valence-electron chi connectivity index (χ1n) is 3.73. The molecule has 0 bridgehead atoms. The molecule has 0 aliphatic carbocycles. The highest BCUT2D eigenvalue weighted by Crippen LogP contribution is 2.28. The van der Waals surface area contributed by atoms with Crippen molar-refractivity contribution >= 4 is 11.2 Å². The number of ether oxygens (including phenoxy) is 2. The van der Waals surface area contributed by atoms with Crippen molar-refractivity contribution in [3.63, 3.8) is 0 Å². The molecule has 0 fully saturated rings. The molecule has 2 heterocycles. The van der Waals surface area contributed by atoms with E-state index in [2.05, 4.69) is 4.74 Å². The maximum atomic E-state index is 11.4. The summed E-state index contributed by atoms with van der Waals surface area (Å²) < 4.78 is 15.3. The van der Waals surface area contributed by atoms with Crippen molar-refractivity contribution in [2.75, 3.05) is 14.2 Å². The average molecular weight is 200 g/mol. The quantitative estimate of drug-likeness (QED) is 0.423. The number of nitrogens with zero attached hydrogens (tertiary/aromatic N) is 2. The molecule has 14 heavy (non-hydrogen) atoms. The third-order valence-electron chi connectivity index (χ3n) is 1.87. The highest BCUT2D eigenvalue weighted by molar-refractivity contribution is 5.75. The van der Waals surface area contributed by atoms with Crippen LogP contribution in [0.25, 0.3) is 11.2 Å². The molecule has 1 N–H and O–H groups in total. The van der Waals surface area contributed by atoms with E-state index in [0.29, 0.717) is 9.46 Å². The first-order chi connectivity index (χ1) is 6.70. The lowest BCUT2D eigenvalue weighted by Crippen LogP contribution is -2.27. The van der Waals surface area contributed by atoms with E-state index in [1.807, 2.05) is 0 Å². The lowest BCUT2D eigenvalue weighted by Gasteiger charge is -1.98. The largest absolute Gasteiger partial charge is 0.705 e. The van der Waals surface area contributed by atoms with E-state index < -0.39 is 0 Å². The Morgan fingerprint density at radius 2 is 2.21 bits per heavy atom. The van der Waals surface area contributed by atoms with E-state index in [1.54, 1.807) is 0 Å². The van der Waals surface area contributed by atoms with Crippen LogP contribution in [0.5, 0.6) is 11.8 Å². The van der Waals surface area contributed by atoms with Crippen molar-refractivity contribution in [2.24, 2.45) is 0 Å². The van der Waals surface area contributed by atoms with Crippen molar-refractivity contribution < 1.29 is 23.8 Å². The Hall–Kier alpha value is -2.05. The number of rotatable bonds is 2. The second-order valence-electron chi connectivity index (χ2n) is 2.55. The van der Waals surface area contributed by atoms with Gasteiger partial charge in [-0.15, -0.1) is 0 Å². The molecule has 0 aromatic carbocycles. The lowest BCUT2D eigenvalue weighted by atomic mass is 10.5. The van der Waals surface area contributed by atoms with Crippen LogP contribution in [0.4, 0.5) is 0 Å². The summed E-state index contributed by atoms with van der Waals surface area (Å²) in [6.07, 6.45) is 1.23. The lowest BCUT2D eigenvalue weighted by molar-refractivity contribution is -0.594. The molecule has 0 aliphatic heterocycles. The fourth-order valence-corrected chi connectivity index (χ4v) is 1.25. The zero-order valence-corrected chi connectivity index (χ0v) is 7.55. The van der Waals surface area contributed by atoms with Crippen LogP contribution in [0.2, 0.25) is 0 Å². The van der Waals surface area contributed by atoms with E-state index in [4.69, 9.17) is 9.15 Å². The van der Waals surface area contributed by atoms with Gasteiger partial charge in [-0.3, -0.25) is 0 Å². The predicted octanol–water partition coefficient (Wildman–Crippen LogP) is 0.122. The van der Waals surface area contributed by atoms with Crippen LogP contribution in [0, 0.1) is 5.21 Å². The highest BCUT2D eigenvalue weighted by Gasteiger charge is 2.29. The minimum Gasteiger partial charge on any atom is -0.705 e. The van der Waals surface area contributed by atoms with Gasteiger partial charge in [0.1, 0.15) is 6.26 Å². The number of hydrogen-bond donors (Lipinski definition) is 1. The van der Waals surface area contributed by atoms with Crippen molar-refractivity contribution in [1.82, 2.24) is 4.73 Å². The Labute approximate surface area is 78.2 Å². The molecule has 0 unspecified atom stereocenters. The summed E-state index contributed by atoms with van der Waals surface area (Å²) >= 11 is 0. The van der Waals surface area contributed by atoms with Crippen LogP contribution >= 0.6 is 0 Å². The molecule has 2 rings (SSSR count). The van der Waals surface area contributed by atoms with Gasteiger partial charge in [0.05, 0.1) is 14.2 Å². The normalized spacial score (nSPS) is 10.7. The molecule has 0 spiro atoms. The Morgan fingerprint density at radius 3 is 2.79 bits per heavy atom. The van der Waals surface area contributed by atoms with Gasteiger partial charge in [-0.2, -0.15) is 4.73 Å². The third kappa shape index (κ3) is 0.832. The van der Waals surface area contributed by atoms with Crippen LogP contribution in [0.1, 0.15) is 0 Å². The van der Waals surface area contributed by atoms with Gasteiger partial charge < -0.3 is 24.3 Å². The molecular weight excluding hydrogens is 192 g/mol. The summed E-state index contributed by atoms with van der Waals surface area (Å²) in [5, 5.41) is 20.9. The van der Waals surface area contributed by atoms with Gasteiger partial charge in [0.25, 0.3) is 0 Å². The summed E-state index contributed by atoms with van der Waals surface area (Å²) in [7, 11) is 2.67. The number of hydrogen-bond acceptors (Lipinski definition) is 5. The fraction of sp³-hybridized carbons (Fsp3) is 0.286. The SMILES string of the molecule is COc1coc2c1n(O)c(OC)[n+]2[O-]. The van der Waals surface area contributed by atoms with E-state index >= 15 is 0 Å². The zero-order chi connectivity index (χ0) is 10.3. The highest BCUT2D eigenvalue weighted by atomic mass is 16.6. The second kappa shape index (κ2) is 2.72. The zero-order valence-electron chi connectivity index (χ0n) is 7.55. The van der Waals surface area contributed by atoms with Crippen LogP contribution < -0.4 is 14.2 Å². The van der Waals surface area contributed by atoms with Crippen molar-refractivity contribution in [1.29, 1.82) is 0 Å². The number of fused-ring (bicyclic) bond motifs is 1. The maximum Gasteiger partial charge on any atom is 0.502 e. The predicted molar refractivity (Wildman–Crippen MR) is 43.5 cm³/mol. The molecule has 0 amide bonds. The van der Waals surface area contributed by atoms with Crippen molar-refractivity contribution in [2.45, 2.75) is 0 Å². The molecule has 7 heteroatoms. The molecule has 2 aromatic rings. The Bertz CT molecular complexity index is 472.